The van der Waals surface area contributed by atoms with Crippen molar-refractivity contribution >= 4 is 26.5 Å². The van der Waals surface area contributed by atoms with Crippen LogP contribution >= 0.6 is 0 Å². The van der Waals surface area contributed by atoms with Gasteiger partial charge in [0.2, 0.25) is 0 Å². The van der Waals surface area contributed by atoms with E-state index in [1.165, 1.54) is 37.8 Å². The standard InChI is InChI=1S/C23H32Si2/c1-4-5-13-23-20-24(2,3)18-12-19-25(23,21-14-8-6-9-15-21)22-16-10-7-11-17-22/h6-11,14-17,20H,4-5,12-13,18-19H2,1-3H3. The third-order valence-electron chi connectivity index (χ3n) is 5.82. The Hall–Kier alpha value is -1.39. The van der Waals surface area contributed by atoms with E-state index in [2.05, 4.69) is 86.4 Å². The maximum absolute atomic E-state index is 2.82. The summed E-state index contributed by atoms with van der Waals surface area (Å²) in [6.45, 7) is 7.47. The predicted molar refractivity (Wildman–Crippen MR) is 117 cm³/mol. The Morgan fingerprint density at radius 1 is 0.800 bits per heavy atom. The Labute approximate surface area is 156 Å². The molecule has 1 heterocycles. The predicted octanol–water partition coefficient (Wildman–Crippen LogP) is 5.56. The van der Waals surface area contributed by atoms with Gasteiger partial charge in [0, 0.05) is 0 Å². The Balaban J connectivity index is 2.23. The lowest BCUT2D eigenvalue weighted by Gasteiger charge is -2.35. The Kier molecular flexibility index (Phi) is 5.80. The van der Waals surface area contributed by atoms with Crippen molar-refractivity contribution < 1.29 is 0 Å². The van der Waals surface area contributed by atoms with Crippen LogP contribution in [0, 0.1) is 0 Å². The molecule has 2 aromatic rings. The molecule has 0 unspecified atom stereocenters. The number of allylic oxidation sites excluding steroid dienone is 1. The molecule has 2 aromatic carbocycles. The zero-order valence-corrected chi connectivity index (χ0v) is 18.1. The van der Waals surface area contributed by atoms with Crippen LogP contribution in [0.25, 0.3) is 0 Å². The molecule has 0 atom stereocenters. The summed E-state index contributed by atoms with van der Waals surface area (Å²) in [6.07, 6.45) is 5.29. The summed E-state index contributed by atoms with van der Waals surface area (Å²) in [7, 11) is -3.08. The fourth-order valence-corrected chi connectivity index (χ4v) is 14.2. The van der Waals surface area contributed by atoms with Crippen LogP contribution in [0.2, 0.25) is 25.2 Å². The fourth-order valence-electron chi connectivity index (χ4n) is 4.56. The van der Waals surface area contributed by atoms with Gasteiger partial charge >= 0.3 is 0 Å². The lowest BCUT2D eigenvalue weighted by molar-refractivity contribution is 0.803. The molecule has 0 amide bonds. The molecule has 0 fully saturated rings. The van der Waals surface area contributed by atoms with Crippen molar-refractivity contribution in [3.63, 3.8) is 0 Å². The number of rotatable bonds is 5. The minimum Gasteiger partial charge on any atom is -0.0986 e. The van der Waals surface area contributed by atoms with Crippen molar-refractivity contribution in [2.45, 2.75) is 57.8 Å². The highest BCUT2D eigenvalue weighted by molar-refractivity contribution is 7.08. The number of hydrogen-bond donors (Lipinski definition) is 0. The molecule has 0 saturated heterocycles. The highest BCUT2D eigenvalue weighted by Gasteiger charge is 2.42. The molecule has 0 N–H and O–H groups in total. The van der Waals surface area contributed by atoms with Crippen LogP contribution in [-0.2, 0) is 0 Å². The molecule has 0 aromatic heterocycles. The van der Waals surface area contributed by atoms with Gasteiger partial charge < -0.3 is 0 Å². The second kappa shape index (κ2) is 7.88. The monoisotopic (exact) mass is 364 g/mol. The van der Waals surface area contributed by atoms with Gasteiger partial charge in [-0.2, -0.15) is 0 Å². The van der Waals surface area contributed by atoms with Crippen LogP contribution in [0.1, 0.15) is 32.6 Å². The first-order valence-corrected chi connectivity index (χ1v) is 15.4. The Morgan fingerprint density at radius 3 is 1.88 bits per heavy atom. The van der Waals surface area contributed by atoms with Crippen LogP contribution in [0.15, 0.2) is 71.6 Å². The first-order chi connectivity index (χ1) is 12.1. The highest BCUT2D eigenvalue weighted by Crippen LogP contribution is 2.34. The quantitative estimate of drug-likeness (QED) is 0.610. The minimum absolute atomic E-state index is 1.24. The van der Waals surface area contributed by atoms with Gasteiger partial charge in [-0.15, -0.1) is 0 Å². The summed E-state index contributed by atoms with van der Waals surface area (Å²) >= 11 is 0. The van der Waals surface area contributed by atoms with Crippen LogP contribution in [0.3, 0.4) is 0 Å². The van der Waals surface area contributed by atoms with E-state index in [0.29, 0.717) is 0 Å². The van der Waals surface area contributed by atoms with Crippen molar-refractivity contribution in [1.82, 2.24) is 0 Å². The molecule has 0 spiro atoms. The maximum Gasteiger partial charge on any atom is 0.143 e. The lowest BCUT2D eigenvalue weighted by atomic mass is 10.2. The summed E-state index contributed by atoms with van der Waals surface area (Å²) in [5, 5.41) is 5.08. The second-order valence-electron chi connectivity index (χ2n) is 8.25. The van der Waals surface area contributed by atoms with Crippen molar-refractivity contribution in [3.8, 4) is 0 Å². The largest absolute Gasteiger partial charge is 0.143 e. The molecule has 0 radical (unpaired) electrons. The van der Waals surface area contributed by atoms with Gasteiger partial charge in [-0.3, -0.25) is 0 Å². The molecule has 0 aliphatic carbocycles. The molecule has 1 aliphatic rings. The van der Waals surface area contributed by atoms with Gasteiger partial charge in [-0.25, -0.2) is 0 Å². The fraction of sp³-hybridized carbons (Fsp3) is 0.391. The summed E-state index contributed by atoms with van der Waals surface area (Å²) < 4.78 is 0. The van der Waals surface area contributed by atoms with Crippen LogP contribution in [-0.4, -0.2) is 16.1 Å². The van der Waals surface area contributed by atoms with Gasteiger partial charge in [0.15, 0.2) is 0 Å². The van der Waals surface area contributed by atoms with E-state index in [1.54, 1.807) is 10.4 Å². The van der Waals surface area contributed by atoms with E-state index in [4.69, 9.17) is 0 Å². The van der Waals surface area contributed by atoms with E-state index < -0.39 is 16.1 Å². The summed E-state index contributed by atoms with van der Waals surface area (Å²) in [5.74, 6) is 0. The molecule has 132 valence electrons. The number of hydrogen-bond acceptors (Lipinski definition) is 0. The maximum atomic E-state index is 2.82. The summed E-state index contributed by atoms with van der Waals surface area (Å²) in [6, 6.07) is 25.8. The van der Waals surface area contributed by atoms with E-state index in [1.807, 2.05) is 5.20 Å². The third-order valence-corrected chi connectivity index (χ3v) is 14.1. The van der Waals surface area contributed by atoms with Gasteiger partial charge in [-0.1, -0.05) is 117 Å². The normalized spacial score (nSPS) is 19.1. The zero-order valence-electron chi connectivity index (χ0n) is 16.1. The molecule has 1 aliphatic heterocycles. The van der Waals surface area contributed by atoms with Crippen molar-refractivity contribution in [2.24, 2.45) is 0 Å². The minimum atomic E-state index is -1.84. The van der Waals surface area contributed by atoms with Crippen molar-refractivity contribution in [2.75, 3.05) is 0 Å². The molecule has 0 bridgehead atoms. The number of benzene rings is 2. The van der Waals surface area contributed by atoms with Crippen LogP contribution in [0.4, 0.5) is 0 Å². The first-order valence-electron chi connectivity index (χ1n) is 9.92. The molecule has 0 nitrogen and oxygen atoms in total. The van der Waals surface area contributed by atoms with Crippen LogP contribution < -0.4 is 10.4 Å². The third kappa shape index (κ3) is 3.90. The molecule has 0 saturated carbocycles. The average molecular weight is 365 g/mol. The van der Waals surface area contributed by atoms with Crippen molar-refractivity contribution in [3.05, 3.63) is 71.6 Å². The van der Waals surface area contributed by atoms with Gasteiger partial charge in [0.1, 0.15) is 8.07 Å². The van der Waals surface area contributed by atoms with E-state index >= 15 is 0 Å². The number of unbranched alkanes of at least 4 members (excludes halogenated alkanes) is 1. The molecule has 2 heteroatoms. The molecule has 3 rings (SSSR count). The van der Waals surface area contributed by atoms with Gasteiger partial charge in [0.25, 0.3) is 0 Å². The molecular formula is C23H32Si2. The van der Waals surface area contributed by atoms with E-state index in [0.717, 1.165) is 0 Å². The summed E-state index contributed by atoms with van der Waals surface area (Å²) in [5.41, 5.74) is 2.82. The molecule has 25 heavy (non-hydrogen) atoms. The highest BCUT2D eigenvalue weighted by atomic mass is 28.3. The second-order valence-corrected chi connectivity index (χ2v) is 17.1. The van der Waals surface area contributed by atoms with Gasteiger partial charge in [0.05, 0.1) is 8.07 Å². The summed E-state index contributed by atoms with van der Waals surface area (Å²) in [4.78, 5) is 0. The topological polar surface area (TPSA) is 0 Å². The first kappa shape index (κ1) is 18.4. The smallest absolute Gasteiger partial charge is 0.0986 e. The lowest BCUT2D eigenvalue weighted by Crippen LogP contribution is -2.59. The zero-order chi connectivity index (χ0) is 17.8. The van der Waals surface area contributed by atoms with Crippen LogP contribution in [0.5, 0.6) is 0 Å². The van der Waals surface area contributed by atoms with E-state index in [9.17, 15) is 0 Å². The SMILES string of the molecule is CCCCC1=C[Si](C)(C)CCC[Si]1(c1ccccc1)c1ccccc1. The Bertz CT molecular complexity index is 662. The Morgan fingerprint density at radius 2 is 1.36 bits per heavy atom. The van der Waals surface area contributed by atoms with Gasteiger partial charge in [-0.05, 0) is 22.8 Å². The van der Waals surface area contributed by atoms with E-state index in [-0.39, 0.29) is 0 Å². The average Bonchev–Trinajstić information content (AvgIpc) is 2.77. The molecular weight excluding hydrogens is 332 g/mol. The van der Waals surface area contributed by atoms with Crippen molar-refractivity contribution in [1.29, 1.82) is 0 Å².